The zero-order chi connectivity index (χ0) is 16.8. The van der Waals surface area contributed by atoms with Gasteiger partial charge in [-0.05, 0) is 35.4 Å². The predicted molar refractivity (Wildman–Crippen MR) is 93.3 cm³/mol. The summed E-state index contributed by atoms with van der Waals surface area (Å²) in [6.07, 6.45) is 2.99. The Hall–Kier alpha value is -2.14. The van der Waals surface area contributed by atoms with E-state index in [1.165, 1.54) is 6.26 Å². The molecule has 0 atom stereocenters. The van der Waals surface area contributed by atoms with Crippen LogP contribution in [0.15, 0.2) is 47.5 Å². The monoisotopic (exact) mass is 328 g/mol. The quantitative estimate of drug-likeness (QED) is 0.775. The number of H-pyrrole nitrogens is 1. The number of sulfone groups is 1. The van der Waals surface area contributed by atoms with Gasteiger partial charge in [0.25, 0.3) is 0 Å². The van der Waals surface area contributed by atoms with E-state index in [1.54, 1.807) is 18.3 Å². The van der Waals surface area contributed by atoms with Crippen molar-refractivity contribution in [1.29, 1.82) is 0 Å². The first-order valence-electron chi connectivity index (χ1n) is 7.45. The minimum atomic E-state index is -3.18. The SMILES string of the molecule is CC(C)(C)c1cc2c(-c3ccc(S(C)(=O)=O)cc3)ccnc2[nH]1. The Bertz CT molecular complexity index is 962. The van der Waals surface area contributed by atoms with Gasteiger partial charge < -0.3 is 4.98 Å². The van der Waals surface area contributed by atoms with Crippen molar-refractivity contribution >= 4 is 20.9 Å². The number of pyridine rings is 1. The van der Waals surface area contributed by atoms with E-state index < -0.39 is 9.84 Å². The molecule has 0 fully saturated rings. The van der Waals surface area contributed by atoms with Crippen LogP contribution in [0.25, 0.3) is 22.2 Å². The molecular formula is C18H20N2O2S. The van der Waals surface area contributed by atoms with Gasteiger partial charge in [0.1, 0.15) is 5.65 Å². The number of fused-ring (bicyclic) bond motifs is 1. The van der Waals surface area contributed by atoms with Crippen LogP contribution in [0, 0.1) is 0 Å². The highest BCUT2D eigenvalue weighted by Crippen LogP contribution is 2.32. The highest BCUT2D eigenvalue weighted by Gasteiger charge is 2.18. The van der Waals surface area contributed by atoms with Crippen LogP contribution in [-0.2, 0) is 15.3 Å². The third-order valence-electron chi connectivity index (χ3n) is 3.93. The summed E-state index contributed by atoms with van der Waals surface area (Å²) in [5.41, 5.74) is 4.00. The average molecular weight is 328 g/mol. The molecule has 0 aliphatic rings. The minimum Gasteiger partial charge on any atom is -0.343 e. The van der Waals surface area contributed by atoms with E-state index in [9.17, 15) is 8.42 Å². The molecule has 0 unspecified atom stereocenters. The van der Waals surface area contributed by atoms with Crippen molar-refractivity contribution < 1.29 is 8.42 Å². The molecule has 0 spiro atoms. The Morgan fingerprint density at radius 1 is 1.04 bits per heavy atom. The predicted octanol–water partition coefficient (Wildman–Crippen LogP) is 3.93. The fourth-order valence-corrected chi connectivity index (χ4v) is 3.19. The normalized spacial score (nSPS) is 12.7. The first-order chi connectivity index (χ1) is 10.7. The van der Waals surface area contributed by atoms with Crippen LogP contribution in [0.4, 0.5) is 0 Å². The molecule has 3 aromatic rings. The Morgan fingerprint density at radius 3 is 2.26 bits per heavy atom. The van der Waals surface area contributed by atoms with Gasteiger partial charge in [-0.2, -0.15) is 0 Å². The standard InChI is InChI=1S/C18H20N2O2S/c1-18(2,3)16-11-15-14(9-10-19-17(15)20-16)12-5-7-13(8-6-12)23(4,21)22/h5-11H,1-4H3,(H,19,20). The van der Waals surface area contributed by atoms with Crippen molar-refractivity contribution in [3.63, 3.8) is 0 Å². The molecule has 2 heterocycles. The minimum absolute atomic E-state index is 0.0120. The maximum atomic E-state index is 11.6. The summed E-state index contributed by atoms with van der Waals surface area (Å²) in [5.74, 6) is 0. The van der Waals surface area contributed by atoms with Gasteiger partial charge in [-0.1, -0.05) is 32.9 Å². The highest BCUT2D eigenvalue weighted by atomic mass is 32.2. The highest BCUT2D eigenvalue weighted by molar-refractivity contribution is 7.90. The van der Waals surface area contributed by atoms with Crippen LogP contribution in [0.5, 0.6) is 0 Å². The van der Waals surface area contributed by atoms with Crippen LogP contribution in [0.3, 0.4) is 0 Å². The molecule has 0 bridgehead atoms. The smallest absolute Gasteiger partial charge is 0.175 e. The number of hydrogen-bond donors (Lipinski definition) is 1. The average Bonchev–Trinajstić information content (AvgIpc) is 2.90. The summed E-state index contributed by atoms with van der Waals surface area (Å²) in [6, 6.07) is 11.1. The van der Waals surface area contributed by atoms with Crippen molar-refractivity contribution in [3.05, 3.63) is 48.3 Å². The largest absolute Gasteiger partial charge is 0.343 e. The molecular weight excluding hydrogens is 308 g/mol. The Labute approximate surface area is 136 Å². The summed E-state index contributed by atoms with van der Waals surface area (Å²) in [6.45, 7) is 6.45. The molecule has 0 radical (unpaired) electrons. The number of rotatable bonds is 2. The van der Waals surface area contributed by atoms with Crippen molar-refractivity contribution in [2.75, 3.05) is 6.26 Å². The number of nitrogens with zero attached hydrogens (tertiary/aromatic N) is 1. The number of hydrogen-bond acceptors (Lipinski definition) is 3. The zero-order valence-electron chi connectivity index (χ0n) is 13.7. The third-order valence-corrected chi connectivity index (χ3v) is 5.06. The van der Waals surface area contributed by atoms with Gasteiger partial charge in [-0.15, -0.1) is 0 Å². The lowest BCUT2D eigenvalue weighted by Crippen LogP contribution is -2.11. The fourth-order valence-electron chi connectivity index (χ4n) is 2.56. The van der Waals surface area contributed by atoms with Gasteiger partial charge in [0.15, 0.2) is 9.84 Å². The van der Waals surface area contributed by atoms with Crippen LogP contribution in [-0.4, -0.2) is 24.6 Å². The number of aromatic nitrogens is 2. The van der Waals surface area contributed by atoms with Crippen molar-refractivity contribution in [2.24, 2.45) is 0 Å². The maximum absolute atomic E-state index is 11.6. The first kappa shape index (κ1) is 15.7. The van der Waals surface area contributed by atoms with E-state index in [0.717, 1.165) is 27.9 Å². The molecule has 3 rings (SSSR count). The van der Waals surface area contributed by atoms with Crippen LogP contribution in [0.2, 0.25) is 0 Å². The van der Waals surface area contributed by atoms with Gasteiger partial charge in [0.2, 0.25) is 0 Å². The summed E-state index contributed by atoms with van der Waals surface area (Å²) in [7, 11) is -3.18. The second-order valence-corrected chi connectivity index (χ2v) is 8.87. The Morgan fingerprint density at radius 2 is 1.70 bits per heavy atom. The molecule has 120 valence electrons. The lowest BCUT2D eigenvalue weighted by atomic mass is 9.92. The fraction of sp³-hybridized carbons (Fsp3) is 0.278. The molecule has 0 amide bonds. The van der Waals surface area contributed by atoms with Crippen molar-refractivity contribution in [2.45, 2.75) is 31.1 Å². The van der Waals surface area contributed by atoms with E-state index in [1.807, 2.05) is 18.2 Å². The van der Waals surface area contributed by atoms with Crippen molar-refractivity contribution in [1.82, 2.24) is 9.97 Å². The molecule has 1 N–H and O–H groups in total. The van der Waals surface area contributed by atoms with E-state index in [-0.39, 0.29) is 5.41 Å². The van der Waals surface area contributed by atoms with E-state index in [0.29, 0.717) is 4.90 Å². The van der Waals surface area contributed by atoms with Gasteiger partial charge >= 0.3 is 0 Å². The number of benzene rings is 1. The van der Waals surface area contributed by atoms with Gasteiger partial charge in [-0.3, -0.25) is 0 Å². The van der Waals surface area contributed by atoms with Crippen LogP contribution >= 0.6 is 0 Å². The molecule has 0 aliphatic carbocycles. The van der Waals surface area contributed by atoms with Gasteiger partial charge in [-0.25, -0.2) is 13.4 Å². The Kier molecular flexibility index (Phi) is 3.56. The molecule has 23 heavy (non-hydrogen) atoms. The molecule has 2 aromatic heterocycles. The number of nitrogens with one attached hydrogen (secondary N) is 1. The first-order valence-corrected chi connectivity index (χ1v) is 9.34. The van der Waals surface area contributed by atoms with E-state index in [2.05, 4.69) is 36.8 Å². The Balaban J connectivity index is 2.15. The lowest BCUT2D eigenvalue weighted by Gasteiger charge is -2.15. The molecule has 0 aliphatic heterocycles. The van der Waals surface area contributed by atoms with E-state index in [4.69, 9.17) is 0 Å². The summed E-state index contributed by atoms with van der Waals surface area (Å²) >= 11 is 0. The molecule has 4 nitrogen and oxygen atoms in total. The van der Waals surface area contributed by atoms with Crippen molar-refractivity contribution in [3.8, 4) is 11.1 Å². The van der Waals surface area contributed by atoms with E-state index >= 15 is 0 Å². The zero-order valence-corrected chi connectivity index (χ0v) is 14.5. The summed E-state index contributed by atoms with van der Waals surface area (Å²) < 4.78 is 23.2. The third kappa shape index (κ3) is 3.01. The lowest BCUT2D eigenvalue weighted by molar-refractivity contribution is 0.574. The van der Waals surface area contributed by atoms with Gasteiger partial charge in [0.05, 0.1) is 4.90 Å². The molecule has 0 saturated carbocycles. The van der Waals surface area contributed by atoms with Gasteiger partial charge in [0, 0.05) is 28.9 Å². The topological polar surface area (TPSA) is 62.8 Å². The second-order valence-electron chi connectivity index (χ2n) is 6.85. The maximum Gasteiger partial charge on any atom is 0.175 e. The molecule has 5 heteroatoms. The van der Waals surface area contributed by atoms with Crippen LogP contribution < -0.4 is 0 Å². The van der Waals surface area contributed by atoms with Crippen LogP contribution in [0.1, 0.15) is 26.5 Å². The summed E-state index contributed by atoms with van der Waals surface area (Å²) in [5, 5.41) is 1.05. The number of aromatic amines is 1. The second kappa shape index (κ2) is 5.20. The summed E-state index contributed by atoms with van der Waals surface area (Å²) in [4.78, 5) is 8.11. The molecule has 1 aromatic carbocycles. The molecule has 0 saturated heterocycles.